The van der Waals surface area contributed by atoms with Gasteiger partial charge in [-0.05, 0) is 22.7 Å². The molecule has 2 aromatic heterocycles. The molecule has 0 radical (unpaired) electrons. The minimum absolute atomic E-state index is 1.27. The second-order valence-corrected chi connectivity index (χ2v) is 7.36. The molecule has 0 spiro atoms. The quantitative estimate of drug-likeness (QED) is 0.412. The third-order valence-corrected chi connectivity index (χ3v) is 6.01. The van der Waals surface area contributed by atoms with Crippen LogP contribution in [0.2, 0.25) is 0 Å². The molecule has 0 amide bonds. The predicted octanol–water partition coefficient (Wildman–Crippen LogP) is 3.92. The summed E-state index contributed by atoms with van der Waals surface area (Å²) in [5.41, 5.74) is 2.58. The van der Waals surface area contributed by atoms with Crippen LogP contribution < -0.4 is 9.79 Å². The van der Waals surface area contributed by atoms with Crippen LogP contribution in [0.3, 0.4) is 0 Å². The lowest BCUT2D eigenvalue weighted by atomic mass is 10.1. The smallest absolute Gasteiger partial charge is 0.263 e. The third-order valence-electron chi connectivity index (χ3n) is 4.85. The van der Waals surface area contributed by atoms with Gasteiger partial charge in [-0.15, -0.1) is 0 Å². The second-order valence-electron chi connectivity index (χ2n) is 6.30. The van der Waals surface area contributed by atoms with Crippen molar-refractivity contribution in [2.24, 2.45) is 14.1 Å². The maximum Gasteiger partial charge on any atom is 0.263 e. The van der Waals surface area contributed by atoms with Gasteiger partial charge in [0, 0.05) is 41.7 Å². The molecule has 0 saturated heterocycles. The Morgan fingerprint density at radius 2 is 1.88 bits per heavy atom. The highest BCUT2D eigenvalue weighted by atomic mass is 32.1. The van der Waals surface area contributed by atoms with Crippen molar-refractivity contribution >= 4 is 49.3 Å². The van der Waals surface area contributed by atoms with Gasteiger partial charge in [0.05, 0.1) is 0 Å². The van der Waals surface area contributed by atoms with E-state index in [9.17, 15) is 0 Å². The van der Waals surface area contributed by atoms with Crippen LogP contribution in [0.5, 0.6) is 0 Å². The Labute approximate surface area is 143 Å². The summed E-state index contributed by atoms with van der Waals surface area (Å²) in [5, 5.41) is 6.54. The zero-order chi connectivity index (χ0) is 16.3. The molecule has 116 valence electrons. The van der Waals surface area contributed by atoms with Crippen LogP contribution in [0.4, 0.5) is 0 Å². The predicted molar refractivity (Wildman–Crippen MR) is 102 cm³/mol. The van der Waals surface area contributed by atoms with Crippen molar-refractivity contribution in [3.63, 3.8) is 0 Å². The number of aryl methyl sites for hydroxylation is 2. The molecule has 0 unspecified atom stereocenters. The molecular formula is C21H17N2S+. The van der Waals surface area contributed by atoms with E-state index in [1.807, 2.05) is 11.3 Å². The van der Waals surface area contributed by atoms with Gasteiger partial charge in [0.25, 0.3) is 5.01 Å². The minimum atomic E-state index is 1.27. The number of aromatic nitrogens is 2. The monoisotopic (exact) mass is 329 g/mol. The molecule has 0 bridgehead atoms. The van der Waals surface area contributed by atoms with Crippen molar-refractivity contribution in [3.8, 4) is 0 Å². The molecular weight excluding hydrogens is 312 g/mol. The Bertz CT molecular complexity index is 1270. The van der Waals surface area contributed by atoms with Gasteiger partial charge in [-0.2, -0.15) is 4.57 Å². The highest BCUT2D eigenvalue weighted by Gasteiger charge is 2.14. The first kappa shape index (κ1) is 13.8. The molecule has 0 fully saturated rings. The highest BCUT2D eigenvalue weighted by Crippen LogP contribution is 2.26. The topological polar surface area (TPSA) is 8.81 Å². The summed E-state index contributed by atoms with van der Waals surface area (Å²) in [7, 11) is 4.26. The van der Waals surface area contributed by atoms with E-state index < -0.39 is 0 Å². The molecule has 5 rings (SSSR count). The average molecular weight is 329 g/mol. The van der Waals surface area contributed by atoms with E-state index >= 15 is 0 Å². The number of rotatable bonds is 1. The van der Waals surface area contributed by atoms with E-state index in [-0.39, 0.29) is 0 Å². The molecule has 0 saturated carbocycles. The maximum absolute atomic E-state index is 2.31. The molecule has 0 aliphatic heterocycles. The Kier molecular flexibility index (Phi) is 2.82. The van der Waals surface area contributed by atoms with Crippen LogP contribution in [-0.4, -0.2) is 4.57 Å². The van der Waals surface area contributed by atoms with Crippen LogP contribution >= 0.6 is 11.3 Å². The number of thiazole rings is 1. The first-order valence-corrected chi connectivity index (χ1v) is 8.90. The standard InChI is InChI=1S/C21H17N2S/c1-22-13-15-11-10-14(16-6-5-8-18(22)21(15)16)12-20-23(2)17-7-3-4-9-19(17)24-20/h3-13H,1-2H3/q+1. The molecule has 2 nitrogen and oxygen atoms in total. The van der Waals surface area contributed by atoms with E-state index in [1.165, 1.54) is 42.1 Å². The van der Waals surface area contributed by atoms with Gasteiger partial charge in [-0.1, -0.05) is 47.7 Å². The molecule has 0 atom stereocenters. The van der Waals surface area contributed by atoms with Gasteiger partial charge in [-0.25, -0.2) is 0 Å². The number of benzene rings is 3. The van der Waals surface area contributed by atoms with Crippen molar-refractivity contribution in [1.82, 2.24) is 4.57 Å². The van der Waals surface area contributed by atoms with E-state index in [0.29, 0.717) is 0 Å². The summed E-state index contributed by atoms with van der Waals surface area (Å²) in [6, 6.07) is 19.6. The van der Waals surface area contributed by atoms with E-state index in [0.717, 1.165) is 0 Å². The molecule has 3 heteroatoms. The maximum atomic E-state index is 2.31. The van der Waals surface area contributed by atoms with Gasteiger partial charge in [-0.3, -0.25) is 0 Å². The van der Waals surface area contributed by atoms with Crippen LogP contribution in [0, 0.1) is 0 Å². The molecule has 24 heavy (non-hydrogen) atoms. The number of para-hydroxylation sites is 1. The SMILES string of the molecule is Cn1cc2cc/c(=C\c3sc4ccccc4[n+]3C)c3cccc1c23. The van der Waals surface area contributed by atoms with E-state index in [2.05, 4.69) is 90.1 Å². The Morgan fingerprint density at radius 1 is 1.00 bits per heavy atom. The highest BCUT2D eigenvalue weighted by molar-refractivity contribution is 7.18. The fraction of sp³-hybridized carbons (Fsp3) is 0.0952. The number of nitrogens with zero attached hydrogens (tertiary/aromatic N) is 2. The van der Waals surface area contributed by atoms with Gasteiger partial charge in [0.2, 0.25) is 5.52 Å². The summed E-state index contributed by atoms with van der Waals surface area (Å²) < 4.78 is 5.81. The number of hydrogen-bond acceptors (Lipinski definition) is 1. The van der Waals surface area contributed by atoms with Crippen LogP contribution in [0.25, 0.3) is 38.0 Å². The summed E-state index contributed by atoms with van der Waals surface area (Å²) >= 11 is 1.84. The normalized spacial score (nSPS) is 12.8. The lowest BCUT2D eigenvalue weighted by Gasteiger charge is -2.00. The van der Waals surface area contributed by atoms with Gasteiger partial charge < -0.3 is 4.57 Å². The summed E-state index contributed by atoms with van der Waals surface area (Å²) in [5.74, 6) is 0. The summed E-state index contributed by atoms with van der Waals surface area (Å²) in [4.78, 5) is 0. The van der Waals surface area contributed by atoms with E-state index in [4.69, 9.17) is 0 Å². The number of hydrogen-bond donors (Lipinski definition) is 0. The summed E-state index contributed by atoms with van der Waals surface area (Å²) in [6.45, 7) is 0. The average Bonchev–Trinajstić information content (AvgIpc) is 3.10. The lowest BCUT2D eigenvalue weighted by Crippen LogP contribution is -2.29. The van der Waals surface area contributed by atoms with Crippen LogP contribution in [-0.2, 0) is 14.1 Å². The van der Waals surface area contributed by atoms with Crippen molar-refractivity contribution in [1.29, 1.82) is 0 Å². The van der Waals surface area contributed by atoms with Crippen LogP contribution in [0.1, 0.15) is 5.01 Å². The molecule has 2 heterocycles. The molecule has 0 N–H and O–H groups in total. The van der Waals surface area contributed by atoms with Crippen LogP contribution in [0.15, 0.2) is 60.8 Å². The number of fused-ring (bicyclic) bond motifs is 1. The van der Waals surface area contributed by atoms with E-state index in [1.54, 1.807) is 0 Å². The lowest BCUT2D eigenvalue weighted by molar-refractivity contribution is -0.642. The molecule has 5 aromatic rings. The van der Waals surface area contributed by atoms with Crippen molar-refractivity contribution in [2.45, 2.75) is 0 Å². The third kappa shape index (κ3) is 1.85. The van der Waals surface area contributed by atoms with Gasteiger partial charge in [0.15, 0.2) is 0 Å². The fourth-order valence-electron chi connectivity index (χ4n) is 3.62. The van der Waals surface area contributed by atoms with Crippen molar-refractivity contribution < 1.29 is 4.57 Å². The van der Waals surface area contributed by atoms with Gasteiger partial charge in [0.1, 0.15) is 11.7 Å². The molecule has 0 aliphatic carbocycles. The first-order chi connectivity index (χ1) is 11.7. The largest absolute Gasteiger partial charge is 0.350 e. The Balaban J connectivity index is 1.86. The fourth-order valence-corrected chi connectivity index (χ4v) is 4.72. The first-order valence-electron chi connectivity index (χ1n) is 8.08. The zero-order valence-corrected chi connectivity index (χ0v) is 14.5. The molecule has 0 aliphatic rings. The zero-order valence-electron chi connectivity index (χ0n) is 13.7. The van der Waals surface area contributed by atoms with Gasteiger partial charge >= 0.3 is 0 Å². The minimum Gasteiger partial charge on any atom is -0.350 e. The second kappa shape index (κ2) is 4.92. The Hall–Kier alpha value is -2.65. The van der Waals surface area contributed by atoms with Crippen molar-refractivity contribution in [3.05, 3.63) is 71.0 Å². The Morgan fingerprint density at radius 3 is 2.75 bits per heavy atom. The van der Waals surface area contributed by atoms with Crippen molar-refractivity contribution in [2.75, 3.05) is 0 Å². The molecule has 3 aromatic carbocycles. The summed E-state index contributed by atoms with van der Waals surface area (Å²) in [6.07, 6.45) is 4.52.